The molecule has 2 fully saturated rings. The minimum atomic E-state index is -0.0616. The largest absolute Gasteiger partial charge is 0.362 e. The average Bonchev–Trinajstić information content (AvgIpc) is 2.58. The van der Waals surface area contributed by atoms with Crippen LogP contribution in [0.15, 0.2) is 10.7 Å². The molecule has 1 saturated carbocycles. The van der Waals surface area contributed by atoms with Crippen molar-refractivity contribution in [3.05, 3.63) is 16.4 Å². The molecule has 2 atom stereocenters. The molecule has 2 aliphatic rings. The molecule has 15 heavy (non-hydrogen) atoms. The van der Waals surface area contributed by atoms with Crippen LogP contribution in [0.1, 0.15) is 25.0 Å². The Labute approximate surface area is 96.7 Å². The standard InChI is InChI=1S/C10H13BrN2O2/c1-14-6-13-9(7(11)5-12-13)10-4-2-3-8(10)15-10/h5,8H,2-4,6H2,1H3/t8-,10+/m1/s1. The lowest BCUT2D eigenvalue weighted by atomic mass is 10.0. The van der Waals surface area contributed by atoms with E-state index >= 15 is 0 Å². The van der Waals surface area contributed by atoms with Crippen LogP contribution in [-0.4, -0.2) is 23.0 Å². The zero-order valence-corrected chi connectivity index (χ0v) is 10.2. The molecule has 1 aromatic rings. The third-order valence-electron chi connectivity index (χ3n) is 3.28. The van der Waals surface area contributed by atoms with E-state index in [-0.39, 0.29) is 5.60 Å². The first-order valence-corrected chi connectivity index (χ1v) is 5.96. The fraction of sp³-hybridized carbons (Fsp3) is 0.700. The number of methoxy groups -OCH3 is 1. The predicted octanol–water partition coefficient (Wildman–Crippen LogP) is 2.03. The molecule has 4 nitrogen and oxygen atoms in total. The van der Waals surface area contributed by atoms with Crippen LogP contribution in [0.25, 0.3) is 0 Å². The number of epoxide rings is 1. The zero-order valence-electron chi connectivity index (χ0n) is 8.57. The Hall–Kier alpha value is -0.390. The number of fused-ring (bicyclic) bond motifs is 1. The Kier molecular flexibility index (Phi) is 2.16. The number of nitrogens with zero attached hydrogens (tertiary/aromatic N) is 2. The van der Waals surface area contributed by atoms with E-state index in [9.17, 15) is 0 Å². The summed E-state index contributed by atoms with van der Waals surface area (Å²) in [5, 5.41) is 4.29. The summed E-state index contributed by atoms with van der Waals surface area (Å²) in [6.45, 7) is 0.485. The number of rotatable bonds is 3. The minimum Gasteiger partial charge on any atom is -0.362 e. The van der Waals surface area contributed by atoms with Gasteiger partial charge in [0.2, 0.25) is 0 Å². The summed E-state index contributed by atoms with van der Waals surface area (Å²) in [6.07, 6.45) is 5.74. The average molecular weight is 273 g/mol. The first-order valence-electron chi connectivity index (χ1n) is 5.16. The molecule has 0 aromatic carbocycles. The smallest absolute Gasteiger partial charge is 0.139 e. The molecular formula is C10H13BrN2O2. The minimum absolute atomic E-state index is 0.0616. The molecule has 0 N–H and O–H groups in total. The van der Waals surface area contributed by atoms with Crippen molar-refractivity contribution in [2.24, 2.45) is 0 Å². The normalized spacial score (nSPS) is 33.1. The second-order valence-electron chi connectivity index (χ2n) is 4.15. The summed E-state index contributed by atoms with van der Waals surface area (Å²) in [7, 11) is 1.68. The Morgan fingerprint density at radius 1 is 1.80 bits per heavy atom. The fourth-order valence-corrected chi connectivity index (χ4v) is 3.24. The van der Waals surface area contributed by atoms with Gasteiger partial charge < -0.3 is 9.47 Å². The fourth-order valence-electron chi connectivity index (χ4n) is 2.61. The third kappa shape index (κ3) is 1.30. The Morgan fingerprint density at radius 2 is 2.67 bits per heavy atom. The number of hydrogen-bond donors (Lipinski definition) is 0. The zero-order chi connectivity index (χ0) is 10.5. The Bertz CT molecular complexity index is 393. The van der Waals surface area contributed by atoms with E-state index in [0.717, 1.165) is 16.6 Å². The van der Waals surface area contributed by atoms with Gasteiger partial charge >= 0.3 is 0 Å². The molecule has 82 valence electrons. The van der Waals surface area contributed by atoms with Crippen LogP contribution in [0.2, 0.25) is 0 Å². The van der Waals surface area contributed by atoms with Gasteiger partial charge in [0, 0.05) is 7.11 Å². The molecule has 3 rings (SSSR count). The van der Waals surface area contributed by atoms with Crippen molar-refractivity contribution in [1.82, 2.24) is 9.78 Å². The van der Waals surface area contributed by atoms with Gasteiger partial charge in [-0.15, -0.1) is 0 Å². The van der Waals surface area contributed by atoms with Gasteiger partial charge in [-0.1, -0.05) is 0 Å². The molecule has 0 amide bonds. The summed E-state index contributed by atoms with van der Waals surface area (Å²) >= 11 is 3.54. The molecule has 0 bridgehead atoms. The molecule has 1 aromatic heterocycles. The lowest BCUT2D eigenvalue weighted by Crippen LogP contribution is -2.17. The Balaban J connectivity index is 1.99. The van der Waals surface area contributed by atoms with Crippen molar-refractivity contribution in [2.45, 2.75) is 37.7 Å². The van der Waals surface area contributed by atoms with Crippen molar-refractivity contribution >= 4 is 15.9 Å². The molecule has 5 heteroatoms. The first-order chi connectivity index (χ1) is 7.28. The second-order valence-corrected chi connectivity index (χ2v) is 5.00. The third-order valence-corrected chi connectivity index (χ3v) is 3.86. The lowest BCUT2D eigenvalue weighted by molar-refractivity contribution is 0.111. The highest BCUT2D eigenvalue weighted by Gasteiger charge is 2.62. The van der Waals surface area contributed by atoms with E-state index in [2.05, 4.69) is 21.0 Å². The summed E-state index contributed by atoms with van der Waals surface area (Å²) < 4.78 is 13.9. The molecule has 1 saturated heterocycles. The van der Waals surface area contributed by atoms with Crippen LogP contribution in [0.4, 0.5) is 0 Å². The maximum atomic E-state index is 5.81. The van der Waals surface area contributed by atoms with Crippen LogP contribution < -0.4 is 0 Å². The van der Waals surface area contributed by atoms with E-state index in [1.807, 2.05) is 10.9 Å². The van der Waals surface area contributed by atoms with E-state index in [0.29, 0.717) is 12.8 Å². The van der Waals surface area contributed by atoms with Gasteiger partial charge in [-0.2, -0.15) is 5.10 Å². The topological polar surface area (TPSA) is 39.6 Å². The van der Waals surface area contributed by atoms with E-state index in [1.54, 1.807) is 7.11 Å². The van der Waals surface area contributed by atoms with Gasteiger partial charge in [0.1, 0.15) is 12.3 Å². The quantitative estimate of drug-likeness (QED) is 0.791. The highest BCUT2D eigenvalue weighted by Crippen LogP contribution is 2.58. The summed E-state index contributed by atoms with van der Waals surface area (Å²) in [6, 6.07) is 0. The van der Waals surface area contributed by atoms with Gasteiger partial charge in [0.25, 0.3) is 0 Å². The van der Waals surface area contributed by atoms with Crippen LogP contribution in [0.5, 0.6) is 0 Å². The number of aromatic nitrogens is 2. The summed E-state index contributed by atoms with van der Waals surface area (Å²) in [5.41, 5.74) is 1.08. The Morgan fingerprint density at radius 3 is 3.27 bits per heavy atom. The number of halogens is 1. The highest BCUT2D eigenvalue weighted by atomic mass is 79.9. The number of hydrogen-bond acceptors (Lipinski definition) is 3. The van der Waals surface area contributed by atoms with Gasteiger partial charge in [-0.05, 0) is 35.2 Å². The monoisotopic (exact) mass is 272 g/mol. The molecular weight excluding hydrogens is 260 g/mol. The van der Waals surface area contributed by atoms with Gasteiger partial charge in [-0.25, -0.2) is 4.68 Å². The number of ether oxygens (including phenoxy) is 2. The summed E-state index contributed by atoms with van der Waals surface area (Å²) in [4.78, 5) is 0. The van der Waals surface area contributed by atoms with Crippen molar-refractivity contribution in [3.63, 3.8) is 0 Å². The molecule has 2 heterocycles. The van der Waals surface area contributed by atoms with Crippen molar-refractivity contribution < 1.29 is 9.47 Å². The van der Waals surface area contributed by atoms with Crippen molar-refractivity contribution in [3.8, 4) is 0 Å². The van der Waals surface area contributed by atoms with Crippen molar-refractivity contribution in [2.75, 3.05) is 7.11 Å². The molecule has 1 aliphatic heterocycles. The lowest BCUT2D eigenvalue weighted by Gasteiger charge is -2.12. The maximum Gasteiger partial charge on any atom is 0.139 e. The SMILES string of the molecule is COCn1ncc(Br)c1[C@]12CCC[C@H]1O2. The van der Waals surface area contributed by atoms with E-state index in [4.69, 9.17) is 9.47 Å². The van der Waals surface area contributed by atoms with Gasteiger partial charge in [0.05, 0.1) is 22.5 Å². The van der Waals surface area contributed by atoms with Crippen LogP contribution in [-0.2, 0) is 21.8 Å². The highest BCUT2D eigenvalue weighted by molar-refractivity contribution is 9.10. The van der Waals surface area contributed by atoms with Crippen molar-refractivity contribution in [1.29, 1.82) is 0 Å². The van der Waals surface area contributed by atoms with Gasteiger partial charge in [-0.3, -0.25) is 0 Å². The van der Waals surface area contributed by atoms with Crippen LogP contribution >= 0.6 is 15.9 Å². The first kappa shape index (κ1) is 9.81. The van der Waals surface area contributed by atoms with E-state index in [1.165, 1.54) is 12.8 Å². The molecule has 0 unspecified atom stereocenters. The molecule has 0 spiro atoms. The van der Waals surface area contributed by atoms with Crippen LogP contribution in [0, 0.1) is 0 Å². The maximum absolute atomic E-state index is 5.81. The van der Waals surface area contributed by atoms with E-state index < -0.39 is 0 Å². The summed E-state index contributed by atoms with van der Waals surface area (Å²) in [5.74, 6) is 0. The predicted molar refractivity (Wildman–Crippen MR) is 57.3 cm³/mol. The molecule has 0 radical (unpaired) electrons. The van der Waals surface area contributed by atoms with Crippen LogP contribution in [0.3, 0.4) is 0 Å². The van der Waals surface area contributed by atoms with Gasteiger partial charge in [0.15, 0.2) is 0 Å². The second kappa shape index (κ2) is 3.30. The molecule has 1 aliphatic carbocycles.